The van der Waals surface area contributed by atoms with Gasteiger partial charge in [0.15, 0.2) is 0 Å². The zero-order valence-electron chi connectivity index (χ0n) is 30.2. The Morgan fingerprint density at radius 2 is 1.75 bits per heavy atom. The number of fused-ring (bicyclic) bond motifs is 3. The topological polar surface area (TPSA) is 36.4 Å². The first kappa shape index (κ1) is 31.8. The molecular weight excluding hydrogens is 631 g/mol. The highest BCUT2D eigenvalue weighted by Crippen LogP contribution is 2.50. The number of hydrogen-bond donors (Lipinski definition) is 2. The van der Waals surface area contributed by atoms with Gasteiger partial charge in [0.1, 0.15) is 5.84 Å². The third kappa shape index (κ3) is 5.98. The summed E-state index contributed by atoms with van der Waals surface area (Å²) in [6, 6.07) is 19.2. The lowest BCUT2D eigenvalue weighted by Gasteiger charge is -2.40. The first-order valence-corrected chi connectivity index (χ1v) is 19.8. The Labute approximate surface area is 309 Å². The van der Waals surface area contributed by atoms with E-state index in [0.29, 0.717) is 35.6 Å². The van der Waals surface area contributed by atoms with Crippen LogP contribution in [0.25, 0.3) is 11.1 Å². The van der Waals surface area contributed by atoms with Crippen LogP contribution in [-0.4, -0.2) is 18.4 Å². The van der Waals surface area contributed by atoms with Crippen molar-refractivity contribution in [3.05, 3.63) is 179 Å². The molecule has 1 saturated carbocycles. The molecule has 10 rings (SSSR count). The molecule has 3 nitrogen and oxygen atoms in total. The largest absolute Gasteiger partial charge is 0.387 e. The van der Waals surface area contributed by atoms with E-state index in [1.807, 2.05) is 0 Å². The fourth-order valence-electron chi connectivity index (χ4n) is 9.99. The predicted octanol–water partition coefficient (Wildman–Crippen LogP) is 10.5. The molecule has 52 heavy (non-hydrogen) atoms. The van der Waals surface area contributed by atoms with Crippen LogP contribution in [0.15, 0.2) is 162 Å². The van der Waals surface area contributed by atoms with Gasteiger partial charge >= 0.3 is 0 Å². The predicted molar refractivity (Wildman–Crippen MR) is 216 cm³/mol. The molecule has 2 aromatic carbocycles. The van der Waals surface area contributed by atoms with E-state index < -0.39 is 0 Å². The first-order valence-electron chi connectivity index (χ1n) is 19.8. The zero-order valence-corrected chi connectivity index (χ0v) is 30.2. The van der Waals surface area contributed by atoms with E-state index in [9.17, 15) is 0 Å². The molecule has 2 N–H and O–H groups in total. The van der Waals surface area contributed by atoms with Gasteiger partial charge < -0.3 is 10.6 Å². The molecule has 0 bridgehead atoms. The number of dihydropyridines is 1. The van der Waals surface area contributed by atoms with Crippen molar-refractivity contribution in [2.24, 2.45) is 40.5 Å². The van der Waals surface area contributed by atoms with Crippen LogP contribution in [0.5, 0.6) is 0 Å². The summed E-state index contributed by atoms with van der Waals surface area (Å²) in [5.41, 5.74) is 12.5. The van der Waals surface area contributed by atoms with Crippen molar-refractivity contribution in [2.75, 3.05) is 6.54 Å². The quantitative estimate of drug-likeness (QED) is 0.319. The average molecular weight is 680 g/mol. The Morgan fingerprint density at radius 1 is 0.808 bits per heavy atom. The molecule has 3 heteroatoms. The molecule has 6 aliphatic carbocycles. The number of benzene rings is 2. The second-order valence-electron chi connectivity index (χ2n) is 16.3. The smallest absolute Gasteiger partial charge is 0.125 e. The van der Waals surface area contributed by atoms with E-state index in [2.05, 4.69) is 157 Å². The van der Waals surface area contributed by atoms with Crippen LogP contribution >= 0.6 is 0 Å². The maximum atomic E-state index is 5.56. The summed E-state index contributed by atoms with van der Waals surface area (Å²) in [6.07, 6.45) is 40.9. The van der Waals surface area contributed by atoms with E-state index >= 15 is 0 Å². The van der Waals surface area contributed by atoms with Gasteiger partial charge in [-0.05, 0) is 106 Å². The van der Waals surface area contributed by atoms with Crippen molar-refractivity contribution in [3.8, 4) is 0 Å². The minimum absolute atomic E-state index is 0.117. The van der Waals surface area contributed by atoms with Crippen LogP contribution in [0.2, 0.25) is 0 Å². The van der Waals surface area contributed by atoms with E-state index in [4.69, 9.17) is 4.99 Å². The monoisotopic (exact) mass is 679 g/mol. The summed E-state index contributed by atoms with van der Waals surface area (Å²) in [7, 11) is 0. The number of allylic oxidation sites excluding steroid dienone is 16. The zero-order chi connectivity index (χ0) is 34.6. The molecule has 2 aliphatic heterocycles. The molecule has 260 valence electrons. The molecule has 0 amide bonds. The maximum absolute atomic E-state index is 5.56. The van der Waals surface area contributed by atoms with Crippen molar-refractivity contribution in [1.82, 2.24) is 10.6 Å². The molecule has 9 atom stereocenters. The van der Waals surface area contributed by atoms with Crippen LogP contribution in [0.4, 0.5) is 0 Å². The number of nitrogens with zero attached hydrogens (tertiary/aromatic N) is 1. The second-order valence-corrected chi connectivity index (χ2v) is 16.3. The molecule has 0 aromatic heterocycles. The summed E-state index contributed by atoms with van der Waals surface area (Å²) in [5, 5.41) is 7.43. The molecule has 0 saturated heterocycles. The average Bonchev–Trinajstić information content (AvgIpc) is 4.01. The number of hydrogen-bond acceptors (Lipinski definition) is 3. The number of nitrogens with one attached hydrogen (secondary N) is 2. The fourth-order valence-corrected chi connectivity index (χ4v) is 9.99. The van der Waals surface area contributed by atoms with Gasteiger partial charge in [0.25, 0.3) is 0 Å². The van der Waals surface area contributed by atoms with E-state index in [1.165, 1.54) is 63.8 Å². The number of aliphatic imine (C=N–C) groups is 1. The van der Waals surface area contributed by atoms with E-state index in [-0.39, 0.29) is 6.04 Å². The first-order chi connectivity index (χ1) is 25.6. The lowest BCUT2D eigenvalue weighted by Crippen LogP contribution is -2.50. The van der Waals surface area contributed by atoms with Gasteiger partial charge in [0.2, 0.25) is 0 Å². The molecule has 9 unspecified atom stereocenters. The summed E-state index contributed by atoms with van der Waals surface area (Å²) in [4.78, 5) is 5.56. The standard InChI is InChI=1S/C49H49N3/c1-31-47(34-7-3-2-4-8-34)51-49(52-48(31)35-16-13-32(14-17-35)39-18-19-41-29-44(41)28-39)43-12-6-11-38(27-43)36-9-5-10-37(25-36)40-21-22-45-42(26-40)20-15-33-23-24-50-30-46(33)45/h2-7,9-17,20-26,28,31,34,38,41-42,44-45,47-48,50H,8,18-19,27,29-30H2,1H3,(H,51,52). The van der Waals surface area contributed by atoms with Crippen LogP contribution in [0.3, 0.4) is 0 Å². The number of amidine groups is 1. The van der Waals surface area contributed by atoms with Crippen LogP contribution in [-0.2, 0) is 0 Å². The Bertz CT molecular complexity index is 2110. The third-order valence-electron chi connectivity index (χ3n) is 13.2. The summed E-state index contributed by atoms with van der Waals surface area (Å²) < 4.78 is 0. The summed E-state index contributed by atoms with van der Waals surface area (Å²) in [6.45, 7) is 3.34. The minimum Gasteiger partial charge on any atom is -0.387 e. The maximum Gasteiger partial charge on any atom is 0.125 e. The molecule has 2 heterocycles. The van der Waals surface area contributed by atoms with Crippen molar-refractivity contribution in [1.29, 1.82) is 0 Å². The Hall–Kier alpha value is -4.89. The summed E-state index contributed by atoms with van der Waals surface area (Å²) in [5.74, 6) is 4.84. The van der Waals surface area contributed by atoms with Gasteiger partial charge in [-0.2, -0.15) is 0 Å². The minimum atomic E-state index is 0.117. The van der Waals surface area contributed by atoms with Gasteiger partial charge in [0.05, 0.1) is 6.04 Å². The van der Waals surface area contributed by atoms with Crippen LogP contribution in [0.1, 0.15) is 73.2 Å². The van der Waals surface area contributed by atoms with Gasteiger partial charge in [-0.15, -0.1) is 0 Å². The fraction of sp³-hybridized carbons (Fsp3) is 0.327. The van der Waals surface area contributed by atoms with Crippen molar-refractivity contribution >= 4 is 17.0 Å². The van der Waals surface area contributed by atoms with Crippen molar-refractivity contribution < 1.29 is 0 Å². The van der Waals surface area contributed by atoms with Gasteiger partial charge in [-0.3, -0.25) is 4.99 Å². The SMILES string of the molecule is CC1C(c2ccc(C3=CC4CC4CC3)cc2)N=C(C2=CC=CC(c3cccc(C4=CC5C=CC6=C(CNC=C6)C5C=C4)c3)C2)NC1C1C=CC=CC1. The molecule has 0 radical (unpaired) electrons. The lowest BCUT2D eigenvalue weighted by molar-refractivity contribution is 0.284. The lowest BCUT2D eigenvalue weighted by atomic mass is 9.74. The normalized spacial score (nSPS) is 33.8. The Morgan fingerprint density at radius 3 is 2.63 bits per heavy atom. The molecule has 8 aliphatic rings. The Balaban J connectivity index is 0.904. The molecule has 2 aromatic rings. The molecule has 1 fully saturated rings. The van der Waals surface area contributed by atoms with E-state index in [0.717, 1.165) is 37.1 Å². The number of rotatable bonds is 6. The highest BCUT2D eigenvalue weighted by Gasteiger charge is 2.39. The Kier molecular flexibility index (Phi) is 8.11. The van der Waals surface area contributed by atoms with Gasteiger partial charge in [-0.25, -0.2) is 0 Å². The highest BCUT2D eigenvalue weighted by atomic mass is 15.1. The van der Waals surface area contributed by atoms with Crippen LogP contribution in [0, 0.1) is 35.5 Å². The van der Waals surface area contributed by atoms with E-state index in [1.54, 1.807) is 5.57 Å². The highest BCUT2D eigenvalue weighted by molar-refractivity contribution is 6.00. The molecule has 0 spiro atoms. The van der Waals surface area contributed by atoms with Crippen molar-refractivity contribution in [2.45, 2.75) is 57.0 Å². The van der Waals surface area contributed by atoms with Crippen molar-refractivity contribution in [3.63, 3.8) is 0 Å². The van der Waals surface area contributed by atoms with Gasteiger partial charge in [-0.1, -0.05) is 134 Å². The molecular formula is C49H49N3. The second kappa shape index (κ2) is 13.3. The van der Waals surface area contributed by atoms with Gasteiger partial charge in [0, 0.05) is 42.2 Å². The third-order valence-corrected chi connectivity index (χ3v) is 13.2. The van der Waals surface area contributed by atoms with Crippen LogP contribution < -0.4 is 10.6 Å². The summed E-state index contributed by atoms with van der Waals surface area (Å²) >= 11 is 0.